The lowest BCUT2D eigenvalue weighted by Crippen LogP contribution is -2.41. The van der Waals surface area contributed by atoms with E-state index in [1.165, 1.54) is 18.2 Å². The van der Waals surface area contributed by atoms with Gasteiger partial charge in [0.1, 0.15) is 12.4 Å². The fraction of sp³-hybridized carbons (Fsp3) is 0.320. The van der Waals surface area contributed by atoms with E-state index in [1.54, 1.807) is 36.5 Å². The lowest BCUT2D eigenvalue weighted by atomic mass is 9.97. The van der Waals surface area contributed by atoms with Gasteiger partial charge >= 0.3 is 0 Å². The first kappa shape index (κ1) is 26.2. The normalized spacial score (nSPS) is 17.1. The van der Waals surface area contributed by atoms with Crippen molar-refractivity contribution in [3.63, 3.8) is 0 Å². The highest BCUT2D eigenvalue weighted by Crippen LogP contribution is 2.37. The zero-order valence-electron chi connectivity index (χ0n) is 20.0. The van der Waals surface area contributed by atoms with Gasteiger partial charge in [-0.2, -0.15) is 13.4 Å². The minimum absolute atomic E-state index is 0.0752. The average molecular weight is 549 g/mol. The quantitative estimate of drug-likeness (QED) is 0.437. The molecule has 3 heterocycles. The van der Waals surface area contributed by atoms with Gasteiger partial charge in [-0.1, -0.05) is 42.3 Å². The van der Waals surface area contributed by atoms with Crippen molar-refractivity contribution < 1.29 is 17.9 Å². The number of anilines is 1. The van der Waals surface area contributed by atoms with Crippen molar-refractivity contribution in [3.05, 3.63) is 75.9 Å². The minimum Gasteiger partial charge on any atom is -0.473 e. The van der Waals surface area contributed by atoms with Crippen molar-refractivity contribution in [3.8, 4) is 5.88 Å². The van der Waals surface area contributed by atoms with Crippen LogP contribution in [0.25, 0.3) is 0 Å². The molecule has 1 aliphatic heterocycles. The van der Waals surface area contributed by atoms with Gasteiger partial charge in [-0.05, 0) is 62.1 Å². The summed E-state index contributed by atoms with van der Waals surface area (Å²) in [4.78, 5) is 23.6. The van der Waals surface area contributed by atoms with E-state index in [2.05, 4.69) is 40.4 Å². The summed E-state index contributed by atoms with van der Waals surface area (Å²) in [6.07, 6.45) is 2.53. The summed E-state index contributed by atoms with van der Waals surface area (Å²) in [5.41, 5.74) is 0.690. The number of carbonyl (C=O) groups excluding carboxylic acids is 1. The van der Waals surface area contributed by atoms with Gasteiger partial charge < -0.3 is 9.64 Å². The molecule has 1 atom stereocenters. The number of aromatic nitrogens is 2. The van der Waals surface area contributed by atoms with Crippen LogP contribution in [0, 0.1) is 5.92 Å². The summed E-state index contributed by atoms with van der Waals surface area (Å²) < 4.78 is 33.8. The second-order valence-corrected chi connectivity index (χ2v) is 11.8. The highest BCUT2D eigenvalue weighted by molar-refractivity contribution is 7.90. The molecular weight excluding hydrogens is 523 g/mol. The van der Waals surface area contributed by atoms with E-state index in [0.29, 0.717) is 21.8 Å². The second-order valence-electron chi connectivity index (χ2n) is 9.39. The Kier molecular flexibility index (Phi) is 7.45. The highest BCUT2D eigenvalue weighted by Gasteiger charge is 2.39. The molecule has 1 N–H and O–H groups in total. The molecular formula is C25H26Cl2N4O4S. The SMILES string of the molecule is CC1CN(c2ncccc2C(=O)NS(=O)(=O)c2cccc(OCc3ccc(Cl)c(Cl)c3)n2)C(C)(C)C1. The van der Waals surface area contributed by atoms with Gasteiger partial charge in [0.15, 0.2) is 5.03 Å². The number of halogens is 2. The van der Waals surface area contributed by atoms with Crippen LogP contribution >= 0.6 is 23.2 Å². The Labute approximate surface area is 220 Å². The zero-order chi connectivity index (χ0) is 26.1. The molecule has 11 heteroatoms. The molecule has 1 fully saturated rings. The largest absolute Gasteiger partial charge is 0.473 e. The average Bonchev–Trinajstić information content (AvgIpc) is 3.11. The van der Waals surface area contributed by atoms with Crippen LogP contribution in [0.1, 0.15) is 43.1 Å². The third kappa shape index (κ3) is 5.74. The van der Waals surface area contributed by atoms with Crippen molar-refractivity contribution in [1.29, 1.82) is 0 Å². The van der Waals surface area contributed by atoms with Crippen LogP contribution in [0.3, 0.4) is 0 Å². The fourth-order valence-corrected chi connectivity index (χ4v) is 5.64. The van der Waals surface area contributed by atoms with Crippen LogP contribution in [0.2, 0.25) is 10.0 Å². The van der Waals surface area contributed by atoms with Crippen LogP contribution in [0.4, 0.5) is 5.82 Å². The first-order valence-corrected chi connectivity index (χ1v) is 13.5. The Morgan fingerprint density at radius 2 is 1.94 bits per heavy atom. The summed E-state index contributed by atoms with van der Waals surface area (Å²) >= 11 is 12.0. The van der Waals surface area contributed by atoms with Crippen LogP contribution in [0.5, 0.6) is 5.88 Å². The molecule has 1 aliphatic rings. The monoisotopic (exact) mass is 548 g/mol. The molecule has 0 saturated carbocycles. The molecule has 1 amide bonds. The Bertz CT molecular complexity index is 1400. The molecule has 0 radical (unpaired) electrons. The number of amides is 1. The molecule has 1 saturated heterocycles. The number of hydrogen-bond donors (Lipinski definition) is 1. The van der Waals surface area contributed by atoms with Crippen LogP contribution < -0.4 is 14.4 Å². The second kappa shape index (κ2) is 10.2. The maximum absolute atomic E-state index is 13.1. The smallest absolute Gasteiger partial charge is 0.281 e. The number of rotatable bonds is 7. The molecule has 2 aromatic heterocycles. The van der Waals surface area contributed by atoms with Gasteiger partial charge in [-0.25, -0.2) is 9.71 Å². The maximum Gasteiger partial charge on any atom is 0.281 e. The van der Waals surface area contributed by atoms with Crippen LogP contribution in [-0.2, 0) is 16.6 Å². The minimum atomic E-state index is -4.28. The number of hydrogen-bond acceptors (Lipinski definition) is 7. The molecule has 36 heavy (non-hydrogen) atoms. The third-order valence-corrected chi connectivity index (χ3v) is 7.90. The number of carbonyl (C=O) groups is 1. The van der Waals surface area contributed by atoms with Crippen molar-refractivity contribution in [2.45, 2.75) is 44.4 Å². The molecule has 8 nitrogen and oxygen atoms in total. The third-order valence-electron chi connectivity index (χ3n) is 5.93. The summed E-state index contributed by atoms with van der Waals surface area (Å²) in [7, 11) is -4.28. The predicted molar refractivity (Wildman–Crippen MR) is 139 cm³/mol. The number of sulfonamides is 1. The Morgan fingerprint density at radius 3 is 2.64 bits per heavy atom. The molecule has 3 aromatic rings. The summed E-state index contributed by atoms with van der Waals surface area (Å²) in [6.45, 7) is 7.12. The number of pyridine rings is 2. The predicted octanol–water partition coefficient (Wildman–Crippen LogP) is 5.11. The molecule has 4 rings (SSSR count). The van der Waals surface area contributed by atoms with Gasteiger partial charge in [-0.3, -0.25) is 4.79 Å². The number of ether oxygens (including phenoxy) is 1. The first-order valence-electron chi connectivity index (χ1n) is 11.3. The van der Waals surface area contributed by atoms with Crippen molar-refractivity contribution in [2.75, 3.05) is 11.4 Å². The number of nitrogens with one attached hydrogen (secondary N) is 1. The van der Waals surface area contributed by atoms with Gasteiger partial charge in [0.05, 0.1) is 15.6 Å². The molecule has 1 unspecified atom stereocenters. The molecule has 190 valence electrons. The fourth-order valence-electron chi connectivity index (χ4n) is 4.39. The number of nitrogens with zero attached hydrogens (tertiary/aromatic N) is 3. The summed E-state index contributed by atoms with van der Waals surface area (Å²) in [5, 5.41) is 0.455. The van der Waals surface area contributed by atoms with Gasteiger partial charge in [-0.15, -0.1) is 0 Å². The molecule has 0 spiro atoms. The van der Waals surface area contributed by atoms with Gasteiger partial charge in [0.25, 0.3) is 15.9 Å². The van der Waals surface area contributed by atoms with Crippen LogP contribution in [-0.4, -0.2) is 36.4 Å². The van der Waals surface area contributed by atoms with E-state index in [0.717, 1.165) is 18.5 Å². The topological polar surface area (TPSA) is 101 Å². The standard InChI is InChI=1S/C25H26Cl2N4O4S/c1-16-13-25(2,3)31(14-16)23-18(6-5-11-28-23)24(32)30-36(33,34)22-8-4-7-21(29-22)35-15-17-9-10-19(26)20(27)12-17/h4-12,16H,13-15H2,1-3H3,(H,30,32). The van der Waals surface area contributed by atoms with E-state index in [4.69, 9.17) is 27.9 Å². The molecule has 1 aromatic carbocycles. The van der Waals surface area contributed by atoms with Gasteiger partial charge in [0.2, 0.25) is 5.88 Å². The Morgan fingerprint density at radius 1 is 1.17 bits per heavy atom. The van der Waals surface area contributed by atoms with E-state index in [1.807, 2.05) is 0 Å². The highest BCUT2D eigenvalue weighted by atomic mass is 35.5. The van der Waals surface area contributed by atoms with Crippen molar-refractivity contribution >= 4 is 45.0 Å². The first-order chi connectivity index (χ1) is 17.0. The summed E-state index contributed by atoms with van der Waals surface area (Å²) in [5.74, 6) is 0.160. The van der Waals surface area contributed by atoms with Gasteiger partial charge in [0, 0.05) is 24.3 Å². The molecule has 0 bridgehead atoms. The van der Waals surface area contributed by atoms with E-state index < -0.39 is 15.9 Å². The number of benzene rings is 1. The Hall–Kier alpha value is -2.88. The molecule has 0 aliphatic carbocycles. The maximum atomic E-state index is 13.1. The van der Waals surface area contributed by atoms with Crippen molar-refractivity contribution in [1.82, 2.24) is 14.7 Å². The Balaban J connectivity index is 1.52. The van der Waals surface area contributed by atoms with Crippen LogP contribution in [0.15, 0.2) is 59.8 Å². The zero-order valence-corrected chi connectivity index (χ0v) is 22.4. The van der Waals surface area contributed by atoms with Crippen molar-refractivity contribution in [2.24, 2.45) is 5.92 Å². The lowest BCUT2D eigenvalue weighted by Gasteiger charge is -2.33. The summed E-state index contributed by atoms with van der Waals surface area (Å²) in [6, 6.07) is 12.5. The van der Waals surface area contributed by atoms with E-state index >= 15 is 0 Å². The van der Waals surface area contributed by atoms with E-state index in [9.17, 15) is 13.2 Å². The lowest BCUT2D eigenvalue weighted by molar-refractivity contribution is 0.0981. The van der Waals surface area contributed by atoms with E-state index in [-0.39, 0.29) is 28.6 Å².